The Labute approximate surface area is 692 Å². The number of carbonyl (C=O) groups excluding carboxylic acids is 8. The van der Waals surface area contributed by atoms with Gasteiger partial charge in [0.05, 0.1) is 83.9 Å². The number of carbonyl (C=O) groups is 8. The molecule has 117 heavy (non-hydrogen) atoms. The van der Waals surface area contributed by atoms with E-state index in [1.165, 1.54) is 25.7 Å². The summed E-state index contributed by atoms with van der Waals surface area (Å²) in [5, 5.41) is 125. The quantitative estimate of drug-likeness (QED) is 0.0381. The van der Waals surface area contributed by atoms with E-state index in [0.29, 0.717) is 129 Å². The second-order valence-electron chi connectivity index (χ2n) is 31.9. The maximum Gasteiger partial charge on any atom is 0.222 e. The SMILES string of the molecule is CC1C(OCCCCC(=O)NCCCNC(=O)CCOCC(C)(COCCC(=O)NCCCNC(=O)CCCCOC2OC(CO)C(O)C(O)C2C)COCCC(=O)NCCCNC(=O)CCCCOC2OC(CO)C(O)C(O)C2C)OC(CO)C(O)C1O.CCC(=O)CCCCCCCCCCC(=O)N1C[C@H](O)C[C@H]1CCCCCO. The summed E-state index contributed by atoms with van der Waals surface area (Å²) < 4.78 is 51.5. The third kappa shape index (κ3) is 45.7. The second kappa shape index (κ2) is 64.0. The predicted molar refractivity (Wildman–Crippen MR) is 430 cm³/mol. The van der Waals surface area contributed by atoms with E-state index in [1.54, 1.807) is 20.8 Å². The molecule has 0 aromatic carbocycles. The Morgan fingerprint density at radius 1 is 0.376 bits per heavy atom. The lowest BCUT2D eigenvalue weighted by Gasteiger charge is -2.40. The summed E-state index contributed by atoms with van der Waals surface area (Å²) in [6.07, 6.45) is 8.68. The molecule has 4 saturated heterocycles. The van der Waals surface area contributed by atoms with Crippen molar-refractivity contribution < 1.29 is 137 Å². The van der Waals surface area contributed by atoms with Gasteiger partial charge in [-0.1, -0.05) is 86.0 Å². The average Bonchev–Trinajstić information content (AvgIpc) is 1.69. The van der Waals surface area contributed by atoms with Crippen LogP contribution in [0.15, 0.2) is 0 Å². The van der Waals surface area contributed by atoms with Gasteiger partial charge >= 0.3 is 0 Å². The third-order valence-corrected chi connectivity index (χ3v) is 21.5. The fourth-order valence-electron chi connectivity index (χ4n) is 13.9. The lowest BCUT2D eigenvalue weighted by molar-refractivity contribution is -0.282. The fraction of sp³-hybridized carbons (Fsp3) is 0.902. The molecule has 17 N–H and O–H groups in total. The molecule has 0 aromatic heterocycles. The van der Waals surface area contributed by atoms with Crippen LogP contribution < -0.4 is 31.9 Å². The maximum atomic E-state index is 12.6. The molecule has 35 heteroatoms. The minimum absolute atomic E-state index is 0.0595. The Kier molecular flexibility index (Phi) is 58.2. The van der Waals surface area contributed by atoms with Crippen LogP contribution in [-0.2, 0) is 81.0 Å². The van der Waals surface area contributed by atoms with Crippen LogP contribution in [0.25, 0.3) is 0 Å². The molecule has 0 saturated carbocycles. The summed E-state index contributed by atoms with van der Waals surface area (Å²) in [6.45, 7) is 11.6. The van der Waals surface area contributed by atoms with E-state index in [2.05, 4.69) is 31.9 Å². The van der Waals surface area contributed by atoms with Crippen molar-refractivity contribution >= 4 is 47.1 Å². The summed E-state index contributed by atoms with van der Waals surface area (Å²) in [4.78, 5) is 101. The van der Waals surface area contributed by atoms with Crippen molar-refractivity contribution in [2.24, 2.45) is 23.2 Å². The van der Waals surface area contributed by atoms with Crippen LogP contribution in [0, 0.1) is 23.2 Å². The van der Waals surface area contributed by atoms with Crippen molar-refractivity contribution in [2.75, 3.05) is 132 Å². The van der Waals surface area contributed by atoms with E-state index in [9.17, 15) is 89.4 Å². The third-order valence-electron chi connectivity index (χ3n) is 21.5. The van der Waals surface area contributed by atoms with Crippen LogP contribution in [0.3, 0.4) is 0 Å². The zero-order chi connectivity index (χ0) is 86.2. The molecule has 15 unspecified atom stereocenters. The van der Waals surface area contributed by atoms with Gasteiger partial charge in [0.2, 0.25) is 41.4 Å². The van der Waals surface area contributed by atoms with Crippen LogP contribution in [0.2, 0.25) is 0 Å². The van der Waals surface area contributed by atoms with Crippen LogP contribution in [0.1, 0.15) is 234 Å². The molecule has 4 aliphatic rings. The Morgan fingerprint density at radius 2 is 0.684 bits per heavy atom. The number of rotatable bonds is 65. The van der Waals surface area contributed by atoms with Gasteiger partial charge in [-0.3, -0.25) is 38.4 Å². The number of amides is 7. The number of aliphatic hydroxyl groups excluding tert-OH is 11. The first kappa shape index (κ1) is 106. The average molecular weight is 1680 g/mol. The molecule has 0 aliphatic carbocycles. The Bertz CT molecular complexity index is 2470. The van der Waals surface area contributed by atoms with Gasteiger partial charge in [0.15, 0.2) is 18.9 Å². The van der Waals surface area contributed by atoms with E-state index in [4.69, 9.17) is 47.7 Å². The minimum atomic E-state index is -1.21. The van der Waals surface area contributed by atoms with E-state index >= 15 is 0 Å². The Balaban J connectivity index is 0.00000106. The largest absolute Gasteiger partial charge is 0.396 e. The molecule has 0 radical (unpaired) electrons. The van der Waals surface area contributed by atoms with Crippen molar-refractivity contribution in [3.63, 3.8) is 0 Å². The molecule has 35 nitrogen and oxygen atoms in total. The van der Waals surface area contributed by atoms with Crippen molar-refractivity contribution in [2.45, 2.75) is 320 Å². The number of ether oxygens (including phenoxy) is 9. The van der Waals surface area contributed by atoms with Gasteiger partial charge < -0.3 is 136 Å². The Morgan fingerprint density at radius 3 is 1.01 bits per heavy atom. The number of hydrogen-bond donors (Lipinski definition) is 17. The molecular formula is C82H151N7O28. The number of ketones is 1. The van der Waals surface area contributed by atoms with Gasteiger partial charge in [-0.2, -0.15) is 0 Å². The number of aliphatic hydroxyl groups is 11. The standard InChI is InChI=1S/C59H108N6O24.C23H43NO4/c1-38-50(75)53(78)41(32-66)87-56(38)84-26-8-5-14-44(69)60-20-11-23-63-47(72)17-29-81-35-59(4,36-82-30-18-48(73)64-24-12-21-61-45(70)15-6-9-27-85-57-39(2)51(76)54(79)42(33-67)88-57)37-83-31-19-49(74)65-25-13-22-62-46(71)16-7-10-28-86-58-40(3)52(77)55(80)43(34-68)89-58;1-2-21(26)15-11-7-5-3-4-6-8-12-16-23(28)24-19-22(27)18-20(24)14-10-9-13-17-25/h38-43,50-58,66-68,75-80H,5-37H2,1-4H3,(H,60,69)(H,61,70)(H,62,71)(H,63,72)(H,64,73)(H,65,74);20,22,25,27H,2-19H2,1H3/t;20-,22-/m.1/s1. The topological polar surface area (TPSA) is 518 Å². The zero-order valence-corrected chi connectivity index (χ0v) is 70.7. The molecule has 17 atom stereocenters. The lowest BCUT2D eigenvalue weighted by atomic mass is 9.92. The molecular weight excluding hydrogens is 1530 g/mol. The normalized spacial score (nSPS) is 25.7. The first-order valence-electron chi connectivity index (χ1n) is 43.4. The predicted octanol–water partition coefficient (Wildman–Crippen LogP) is 1.25. The molecule has 4 rings (SSSR count). The first-order chi connectivity index (χ1) is 56.2. The molecule has 4 aliphatic heterocycles. The number of hydrogen-bond acceptors (Lipinski definition) is 28. The van der Waals surface area contributed by atoms with Crippen molar-refractivity contribution in [1.29, 1.82) is 0 Å². The monoisotopic (exact) mass is 1680 g/mol. The van der Waals surface area contributed by atoms with Crippen molar-refractivity contribution in [3.05, 3.63) is 0 Å². The maximum absolute atomic E-state index is 12.6. The highest BCUT2D eigenvalue weighted by molar-refractivity contribution is 5.79. The summed E-state index contributed by atoms with van der Waals surface area (Å²) in [5.74, 6) is -2.14. The first-order valence-corrected chi connectivity index (χ1v) is 43.4. The van der Waals surface area contributed by atoms with Gasteiger partial charge in [-0.25, -0.2) is 0 Å². The zero-order valence-electron chi connectivity index (χ0n) is 70.7. The van der Waals surface area contributed by atoms with Crippen LogP contribution in [0.5, 0.6) is 0 Å². The molecule has 4 heterocycles. The van der Waals surface area contributed by atoms with Crippen LogP contribution >= 0.6 is 0 Å². The molecule has 0 aromatic rings. The molecule has 7 amide bonds. The highest BCUT2D eigenvalue weighted by Gasteiger charge is 2.45. The second-order valence-corrected chi connectivity index (χ2v) is 31.9. The van der Waals surface area contributed by atoms with Gasteiger partial charge in [0.1, 0.15) is 42.4 Å². The molecule has 4 fully saturated rings. The number of nitrogens with zero attached hydrogens (tertiary/aromatic N) is 1. The van der Waals surface area contributed by atoms with Crippen LogP contribution in [0.4, 0.5) is 0 Å². The van der Waals surface area contributed by atoms with Gasteiger partial charge in [0.25, 0.3) is 0 Å². The van der Waals surface area contributed by atoms with E-state index in [1.807, 2.05) is 18.7 Å². The van der Waals surface area contributed by atoms with E-state index in [0.717, 1.165) is 57.8 Å². The summed E-state index contributed by atoms with van der Waals surface area (Å²) >= 11 is 0. The number of likely N-dealkylation sites (tertiary alicyclic amines) is 1. The Hall–Kier alpha value is -4.84. The number of unbranched alkanes of at least 4 members (excludes halogenated alkanes) is 12. The smallest absolute Gasteiger partial charge is 0.222 e. The van der Waals surface area contributed by atoms with Gasteiger partial charge in [0, 0.05) is 159 Å². The lowest BCUT2D eigenvalue weighted by Crippen LogP contribution is -2.55. The highest BCUT2D eigenvalue weighted by Crippen LogP contribution is 2.31. The number of nitrogens with one attached hydrogen (secondary N) is 6. The number of β-amino-alcohol motifs (C(OH)–C–C–N with tert-alkyl or cyclic N) is 1. The molecule has 682 valence electrons. The highest BCUT2D eigenvalue weighted by atomic mass is 16.7. The summed E-state index contributed by atoms with van der Waals surface area (Å²) in [7, 11) is 0. The molecule has 0 bridgehead atoms. The van der Waals surface area contributed by atoms with Crippen LogP contribution in [-0.4, -0.2) is 326 Å². The van der Waals surface area contributed by atoms with E-state index < -0.39 is 117 Å². The summed E-state index contributed by atoms with van der Waals surface area (Å²) in [6, 6.07) is 0.181. The van der Waals surface area contributed by atoms with Gasteiger partial charge in [-0.05, 0) is 89.9 Å². The minimum Gasteiger partial charge on any atom is -0.396 e. The van der Waals surface area contributed by atoms with Crippen molar-refractivity contribution in [3.8, 4) is 0 Å². The molecule has 0 spiro atoms. The summed E-state index contributed by atoms with van der Waals surface area (Å²) in [5.41, 5.74) is -0.744. The number of Topliss-reactive ketones (excluding diaryl/α,β-unsaturated/α-hetero) is 1. The fourth-order valence-corrected chi connectivity index (χ4v) is 13.9. The van der Waals surface area contributed by atoms with Crippen molar-refractivity contribution in [1.82, 2.24) is 36.8 Å². The van der Waals surface area contributed by atoms with Gasteiger partial charge in [-0.15, -0.1) is 0 Å². The van der Waals surface area contributed by atoms with E-state index in [-0.39, 0.29) is 158 Å².